The molecule has 0 amide bonds. The first-order valence-electron chi connectivity index (χ1n) is 9.36. The van der Waals surface area contributed by atoms with Gasteiger partial charge in [0.05, 0.1) is 36.9 Å². The average molecular weight is 443 g/mol. The van der Waals surface area contributed by atoms with Crippen molar-refractivity contribution in [3.63, 3.8) is 0 Å². The van der Waals surface area contributed by atoms with Crippen molar-refractivity contribution in [3.8, 4) is 11.1 Å². The Balaban J connectivity index is 1.60. The Kier molecular flexibility index (Phi) is 5.83. The summed E-state index contributed by atoms with van der Waals surface area (Å²) in [5.41, 5.74) is 2.66. The quantitative estimate of drug-likeness (QED) is 0.403. The van der Waals surface area contributed by atoms with Crippen molar-refractivity contribution in [1.82, 2.24) is 29.5 Å². The molecule has 9 nitrogen and oxygen atoms in total. The molecule has 1 aromatic carbocycles. The maximum absolute atomic E-state index is 14.3. The van der Waals surface area contributed by atoms with Crippen molar-refractivity contribution in [1.29, 1.82) is 0 Å². The third kappa shape index (κ3) is 4.81. The average Bonchev–Trinajstić information content (AvgIpc) is 3.35. The van der Waals surface area contributed by atoms with E-state index in [2.05, 4.69) is 30.8 Å². The normalized spacial score (nSPS) is 12.0. The highest BCUT2D eigenvalue weighted by atomic mass is 35.5. The fraction of sp³-hybridized carbons (Fsp3) is 0.200. The highest BCUT2D eigenvalue weighted by Crippen LogP contribution is 2.29. The number of anilines is 3. The monoisotopic (exact) mass is 442 g/mol. The summed E-state index contributed by atoms with van der Waals surface area (Å²) in [6.07, 6.45) is 8.29. The first-order chi connectivity index (χ1) is 14.9. The van der Waals surface area contributed by atoms with Gasteiger partial charge in [0.25, 0.3) is 0 Å². The number of aromatic nitrogens is 6. The fourth-order valence-corrected chi connectivity index (χ4v) is 3.24. The van der Waals surface area contributed by atoms with Crippen molar-refractivity contribution in [2.45, 2.75) is 6.04 Å². The summed E-state index contributed by atoms with van der Waals surface area (Å²) >= 11 is 6.25. The van der Waals surface area contributed by atoms with Crippen LogP contribution in [0.4, 0.5) is 21.8 Å². The third-order valence-corrected chi connectivity index (χ3v) is 4.84. The van der Waals surface area contributed by atoms with Gasteiger partial charge >= 0.3 is 0 Å². The number of aryl methyl sites for hydroxylation is 2. The molecule has 0 saturated carbocycles. The zero-order chi connectivity index (χ0) is 22.0. The van der Waals surface area contributed by atoms with E-state index in [1.165, 1.54) is 18.3 Å². The summed E-state index contributed by atoms with van der Waals surface area (Å²) in [5.74, 6) is 0.172. The minimum absolute atomic E-state index is 0.263. The summed E-state index contributed by atoms with van der Waals surface area (Å²) in [6, 6.07) is 3.92. The van der Waals surface area contributed by atoms with E-state index >= 15 is 0 Å². The van der Waals surface area contributed by atoms with E-state index in [0.717, 1.165) is 5.56 Å². The lowest BCUT2D eigenvalue weighted by atomic mass is 10.0. The largest absolute Gasteiger partial charge is 0.394 e. The van der Waals surface area contributed by atoms with Gasteiger partial charge in [-0.15, -0.1) is 0 Å². The number of hydrogen-bond donors (Lipinski definition) is 3. The topological polar surface area (TPSA) is 106 Å². The fourth-order valence-electron chi connectivity index (χ4n) is 3.09. The van der Waals surface area contributed by atoms with E-state index in [-0.39, 0.29) is 11.6 Å². The summed E-state index contributed by atoms with van der Waals surface area (Å²) in [5, 5.41) is 24.6. The molecule has 4 rings (SSSR count). The molecule has 3 heterocycles. The maximum atomic E-state index is 14.3. The predicted molar refractivity (Wildman–Crippen MR) is 116 cm³/mol. The van der Waals surface area contributed by atoms with Crippen LogP contribution in [0, 0.1) is 5.82 Å². The first kappa shape index (κ1) is 20.8. The van der Waals surface area contributed by atoms with Crippen molar-refractivity contribution < 1.29 is 9.50 Å². The number of rotatable bonds is 7. The lowest BCUT2D eigenvalue weighted by Crippen LogP contribution is -2.17. The molecule has 0 aliphatic heterocycles. The van der Waals surface area contributed by atoms with E-state index in [4.69, 9.17) is 11.6 Å². The second kappa shape index (κ2) is 8.70. The zero-order valence-corrected chi connectivity index (χ0v) is 17.5. The molecule has 0 spiro atoms. The molecular formula is C20H20ClFN8O. The molecule has 4 aromatic rings. The molecule has 0 aliphatic carbocycles. The van der Waals surface area contributed by atoms with Gasteiger partial charge in [0, 0.05) is 32.1 Å². The van der Waals surface area contributed by atoms with Gasteiger partial charge in [0.1, 0.15) is 10.8 Å². The summed E-state index contributed by atoms with van der Waals surface area (Å²) < 4.78 is 17.6. The molecule has 0 unspecified atom stereocenters. The van der Waals surface area contributed by atoms with E-state index in [1.54, 1.807) is 54.3 Å². The van der Waals surface area contributed by atoms with E-state index in [0.29, 0.717) is 28.6 Å². The number of nitrogens with one attached hydrogen (secondary N) is 2. The highest BCUT2D eigenvalue weighted by Gasteiger charge is 2.17. The Hall–Kier alpha value is -3.50. The minimum atomic E-state index is -0.648. The Bertz CT molecular complexity index is 1210. The van der Waals surface area contributed by atoms with Gasteiger partial charge in [-0.3, -0.25) is 9.36 Å². The Morgan fingerprint density at radius 3 is 2.52 bits per heavy atom. The van der Waals surface area contributed by atoms with Crippen molar-refractivity contribution in [2.75, 3.05) is 17.2 Å². The minimum Gasteiger partial charge on any atom is -0.394 e. The molecule has 160 valence electrons. The Morgan fingerprint density at radius 1 is 1.06 bits per heavy atom. The van der Waals surface area contributed by atoms with Gasteiger partial charge in [-0.05, 0) is 29.3 Å². The third-order valence-electron chi connectivity index (χ3n) is 4.56. The van der Waals surface area contributed by atoms with Crippen LogP contribution in [-0.2, 0) is 14.1 Å². The van der Waals surface area contributed by atoms with Crippen molar-refractivity contribution in [3.05, 3.63) is 65.6 Å². The Morgan fingerprint density at radius 2 is 1.84 bits per heavy atom. The molecule has 0 saturated heterocycles. The summed E-state index contributed by atoms with van der Waals surface area (Å²) in [4.78, 5) is 8.53. The predicted octanol–water partition coefficient (Wildman–Crippen LogP) is 3.29. The lowest BCUT2D eigenvalue weighted by molar-refractivity contribution is 0.276. The number of hydrogen-bond acceptors (Lipinski definition) is 7. The van der Waals surface area contributed by atoms with Gasteiger partial charge in [-0.2, -0.15) is 15.2 Å². The standard InChI is InChI=1S/C20H20ClFN8O/c1-29-9-14(6-24-29)12-3-13(5-15(22)4-12)18(11-31)27-19-17(21)8-23-20(28-19)26-16-7-25-30(2)10-16/h3-10,18,31H,11H2,1-2H3,(H2,23,26,27,28)/t18-/m1/s1. The maximum Gasteiger partial charge on any atom is 0.229 e. The van der Waals surface area contributed by atoms with E-state index in [9.17, 15) is 9.50 Å². The molecule has 0 aliphatic rings. The van der Waals surface area contributed by atoms with Crippen LogP contribution in [-0.4, -0.2) is 41.2 Å². The first-order valence-corrected chi connectivity index (χ1v) is 9.74. The molecule has 3 N–H and O–H groups in total. The van der Waals surface area contributed by atoms with Crippen LogP contribution < -0.4 is 10.6 Å². The SMILES string of the molecule is Cn1cc(Nc2ncc(Cl)c(N[C@H](CO)c3cc(F)cc(-c4cnn(C)c4)c3)n2)cn1. The second-order valence-electron chi connectivity index (χ2n) is 6.97. The van der Waals surface area contributed by atoms with Crippen molar-refractivity contribution >= 4 is 29.1 Å². The van der Waals surface area contributed by atoms with Crippen LogP contribution >= 0.6 is 11.6 Å². The number of aliphatic hydroxyl groups is 1. The smallest absolute Gasteiger partial charge is 0.229 e. The molecule has 0 fully saturated rings. The van der Waals surface area contributed by atoms with E-state index < -0.39 is 11.9 Å². The van der Waals surface area contributed by atoms with E-state index in [1.807, 2.05) is 0 Å². The zero-order valence-electron chi connectivity index (χ0n) is 16.8. The van der Waals surface area contributed by atoms with Gasteiger partial charge in [-0.25, -0.2) is 9.37 Å². The number of halogens is 2. The number of nitrogens with zero attached hydrogens (tertiary/aromatic N) is 6. The second-order valence-corrected chi connectivity index (χ2v) is 7.38. The van der Waals surface area contributed by atoms with Crippen LogP contribution in [0.25, 0.3) is 11.1 Å². The lowest BCUT2D eigenvalue weighted by Gasteiger charge is -2.19. The molecule has 0 bridgehead atoms. The number of benzene rings is 1. The van der Waals surface area contributed by atoms with Crippen LogP contribution in [0.1, 0.15) is 11.6 Å². The summed E-state index contributed by atoms with van der Waals surface area (Å²) in [6.45, 7) is -0.304. The molecular weight excluding hydrogens is 423 g/mol. The van der Waals surface area contributed by atoms with Gasteiger partial charge in [0.15, 0.2) is 5.82 Å². The molecule has 3 aromatic heterocycles. The van der Waals surface area contributed by atoms with Crippen LogP contribution in [0.3, 0.4) is 0 Å². The molecule has 11 heteroatoms. The molecule has 31 heavy (non-hydrogen) atoms. The van der Waals surface area contributed by atoms with Crippen molar-refractivity contribution in [2.24, 2.45) is 14.1 Å². The van der Waals surface area contributed by atoms with Gasteiger partial charge < -0.3 is 15.7 Å². The molecule has 1 atom stereocenters. The number of aliphatic hydroxyl groups excluding tert-OH is 1. The van der Waals surface area contributed by atoms with Gasteiger partial charge in [0.2, 0.25) is 5.95 Å². The van der Waals surface area contributed by atoms with Gasteiger partial charge in [-0.1, -0.05) is 11.6 Å². The highest BCUT2D eigenvalue weighted by molar-refractivity contribution is 6.32. The Labute approximate surface area is 182 Å². The summed E-state index contributed by atoms with van der Waals surface area (Å²) in [7, 11) is 3.58. The van der Waals surface area contributed by atoms with Crippen LogP contribution in [0.2, 0.25) is 5.02 Å². The van der Waals surface area contributed by atoms with Crippen LogP contribution in [0.5, 0.6) is 0 Å². The van der Waals surface area contributed by atoms with Crippen LogP contribution in [0.15, 0.2) is 49.2 Å². The molecule has 0 radical (unpaired) electrons.